The summed E-state index contributed by atoms with van der Waals surface area (Å²) in [7, 11) is 0. The SMILES string of the molecule is CCCNC(CCc1ccccc1)c1c(Br)cnn1CC. The molecule has 3 nitrogen and oxygen atoms in total. The Morgan fingerprint density at radius 1 is 1.24 bits per heavy atom. The summed E-state index contributed by atoms with van der Waals surface area (Å²) in [6.07, 6.45) is 5.19. The van der Waals surface area contributed by atoms with Gasteiger partial charge in [-0.05, 0) is 54.2 Å². The maximum Gasteiger partial charge on any atom is 0.0695 e. The lowest BCUT2D eigenvalue weighted by Crippen LogP contribution is -2.25. The van der Waals surface area contributed by atoms with Gasteiger partial charge in [0.15, 0.2) is 0 Å². The van der Waals surface area contributed by atoms with E-state index in [9.17, 15) is 0 Å². The van der Waals surface area contributed by atoms with Crippen LogP contribution in [0.15, 0.2) is 41.0 Å². The van der Waals surface area contributed by atoms with Crippen molar-refractivity contribution in [3.63, 3.8) is 0 Å². The van der Waals surface area contributed by atoms with Crippen LogP contribution in [-0.2, 0) is 13.0 Å². The summed E-state index contributed by atoms with van der Waals surface area (Å²) in [6, 6.07) is 11.0. The van der Waals surface area contributed by atoms with Crippen molar-refractivity contribution in [1.29, 1.82) is 0 Å². The summed E-state index contributed by atoms with van der Waals surface area (Å²) in [6.45, 7) is 6.27. The Bertz CT molecular complexity index is 536. The van der Waals surface area contributed by atoms with Crippen LogP contribution in [0.25, 0.3) is 0 Å². The molecule has 1 atom stereocenters. The molecule has 0 aliphatic heterocycles. The molecular formula is C17H24BrN3. The average molecular weight is 350 g/mol. The van der Waals surface area contributed by atoms with Gasteiger partial charge in [-0.3, -0.25) is 4.68 Å². The zero-order valence-corrected chi connectivity index (χ0v) is 14.4. The zero-order valence-electron chi connectivity index (χ0n) is 12.8. The van der Waals surface area contributed by atoms with E-state index in [0.717, 1.165) is 36.8 Å². The quantitative estimate of drug-likeness (QED) is 0.768. The number of nitrogens with zero attached hydrogens (tertiary/aromatic N) is 2. The highest BCUT2D eigenvalue weighted by Gasteiger charge is 2.19. The number of aryl methyl sites for hydroxylation is 2. The molecule has 0 fully saturated rings. The van der Waals surface area contributed by atoms with E-state index in [4.69, 9.17) is 0 Å². The van der Waals surface area contributed by atoms with Crippen LogP contribution in [0, 0.1) is 0 Å². The van der Waals surface area contributed by atoms with Crippen molar-refractivity contribution >= 4 is 15.9 Å². The van der Waals surface area contributed by atoms with Gasteiger partial charge in [0.1, 0.15) is 0 Å². The highest BCUT2D eigenvalue weighted by atomic mass is 79.9. The molecule has 1 heterocycles. The van der Waals surface area contributed by atoms with Gasteiger partial charge in [0.2, 0.25) is 0 Å². The number of benzene rings is 1. The van der Waals surface area contributed by atoms with Gasteiger partial charge < -0.3 is 5.32 Å². The van der Waals surface area contributed by atoms with E-state index in [-0.39, 0.29) is 0 Å². The first-order valence-electron chi connectivity index (χ1n) is 7.74. The van der Waals surface area contributed by atoms with Gasteiger partial charge in [0.05, 0.1) is 22.4 Å². The summed E-state index contributed by atoms with van der Waals surface area (Å²) in [5, 5.41) is 8.11. The lowest BCUT2D eigenvalue weighted by Gasteiger charge is -2.20. The number of rotatable bonds is 8. The first kappa shape index (κ1) is 16.2. The number of hydrogen-bond acceptors (Lipinski definition) is 2. The molecule has 0 amide bonds. The van der Waals surface area contributed by atoms with Crippen LogP contribution in [0.1, 0.15) is 44.0 Å². The van der Waals surface area contributed by atoms with Gasteiger partial charge in [-0.2, -0.15) is 5.10 Å². The Balaban J connectivity index is 2.12. The Kier molecular flexibility index (Phi) is 6.46. The van der Waals surface area contributed by atoms with E-state index in [1.165, 1.54) is 11.3 Å². The normalized spacial score (nSPS) is 12.5. The molecule has 2 rings (SSSR count). The fourth-order valence-corrected chi connectivity index (χ4v) is 3.15. The molecule has 0 spiro atoms. The minimum Gasteiger partial charge on any atom is -0.309 e. The van der Waals surface area contributed by atoms with Crippen molar-refractivity contribution in [2.24, 2.45) is 0 Å². The predicted octanol–water partition coefficient (Wildman–Crippen LogP) is 4.34. The molecule has 0 saturated carbocycles. The molecule has 0 aliphatic rings. The minimum atomic E-state index is 0.335. The molecule has 21 heavy (non-hydrogen) atoms. The predicted molar refractivity (Wildman–Crippen MR) is 91.4 cm³/mol. The number of halogens is 1. The van der Waals surface area contributed by atoms with Gasteiger partial charge in [-0.1, -0.05) is 37.3 Å². The van der Waals surface area contributed by atoms with E-state index in [0.29, 0.717) is 6.04 Å². The molecular weight excluding hydrogens is 326 g/mol. The van der Waals surface area contributed by atoms with E-state index < -0.39 is 0 Å². The maximum atomic E-state index is 4.45. The molecule has 1 unspecified atom stereocenters. The fourth-order valence-electron chi connectivity index (χ4n) is 2.58. The molecule has 1 aromatic heterocycles. The molecule has 0 radical (unpaired) electrons. The first-order valence-corrected chi connectivity index (χ1v) is 8.54. The molecule has 114 valence electrons. The van der Waals surface area contributed by atoms with Gasteiger partial charge in [0, 0.05) is 6.54 Å². The van der Waals surface area contributed by atoms with E-state index in [1.807, 2.05) is 6.20 Å². The number of nitrogens with one attached hydrogen (secondary N) is 1. The fraction of sp³-hybridized carbons (Fsp3) is 0.471. The van der Waals surface area contributed by atoms with Crippen LogP contribution in [0.5, 0.6) is 0 Å². The van der Waals surface area contributed by atoms with Crippen LogP contribution >= 0.6 is 15.9 Å². The largest absolute Gasteiger partial charge is 0.309 e. The summed E-state index contributed by atoms with van der Waals surface area (Å²) >= 11 is 3.65. The van der Waals surface area contributed by atoms with Gasteiger partial charge in [-0.25, -0.2) is 0 Å². The third kappa shape index (κ3) is 4.42. The summed E-state index contributed by atoms with van der Waals surface area (Å²) in [4.78, 5) is 0. The topological polar surface area (TPSA) is 29.9 Å². The molecule has 4 heteroatoms. The van der Waals surface area contributed by atoms with Crippen molar-refractivity contribution in [3.05, 3.63) is 52.3 Å². The van der Waals surface area contributed by atoms with E-state index in [2.05, 4.69) is 75.2 Å². The van der Waals surface area contributed by atoms with Crippen LogP contribution in [0.3, 0.4) is 0 Å². The zero-order chi connectivity index (χ0) is 15.1. The maximum absolute atomic E-state index is 4.45. The van der Waals surface area contributed by atoms with Crippen molar-refractivity contribution in [2.45, 2.75) is 45.7 Å². The summed E-state index contributed by atoms with van der Waals surface area (Å²) < 4.78 is 3.19. The molecule has 0 aliphatic carbocycles. The lowest BCUT2D eigenvalue weighted by molar-refractivity contribution is 0.455. The van der Waals surface area contributed by atoms with Crippen LogP contribution < -0.4 is 5.32 Å². The van der Waals surface area contributed by atoms with E-state index in [1.54, 1.807) is 0 Å². The second kappa shape index (κ2) is 8.35. The third-order valence-corrected chi connectivity index (χ3v) is 4.28. The second-order valence-electron chi connectivity index (χ2n) is 5.22. The highest BCUT2D eigenvalue weighted by Crippen LogP contribution is 2.27. The Labute approximate surface area is 135 Å². The minimum absolute atomic E-state index is 0.335. The lowest BCUT2D eigenvalue weighted by atomic mass is 10.0. The van der Waals surface area contributed by atoms with Gasteiger partial charge in [0.25, 0.3) is 0 Å². The Morgan fingerprint density at radius 2 is 2.00 bits per heavy atom. The van der Waals surface area contributed by atoms with Crippen molar-refractivity contribution < 1.29 is 0 Å². The van der Waals surface area contributed by atoms with Gasteiger partial charge >= 0.3 is 0 Å². The summed E-state index contributed by atoms with van der Waals surface area (Å²) in [5.41, 5.74) is 2.65. The first-order chi connectivity index (χ1) is 10.3. The molecule has 1 aromatic carbocycles. The van der Waals surface area contributed by atoms with E-state index >= 15 is 0 Å². The van der Waals surface area contributed by atoms with Crippen molar-refractivity contribution in [3.8, 4) is 0 Å². The highest BCUT2D eigenvalue weighted by molar-refractivity contribution is 9.10. The monoisotopic (exact) mass is 349 g/mol. The Hall–Kier alpha value is -1.13. The molecule has 0 bridgehead atoms. The van der Waals surface area contributed by atoms with Crippen molar-refractivity contribution in [2.75, 3.05) is 6.54 Å². The third-order valence-electron chi connectivity index (χ3n) is 3.67. The van der Waals surface area contributed by atoms with Crippen molar-refractivity contribution in [1.82, 2.24) is 15.1 Å². The molecule has 2 aromatic rings. The number of aromatic nitrogens is 2. The molecule has 0 saturated heterocycles. The Morgan fingerprint density at radius 3 is 2.67 bits per heavy atom. The summed E-state index contributed by atoms with van der Waals surface area (Å²) in [5.74, 6) is 0. The average Bonchev–Trinajstić information content (AvgIpc) is 2.89. The number of hydrogen-bond donors (Lipinski definition) is 1. The van der Waals surface area contributed by atoms with Crippen LogP contribution in [0.4, 0.5) is 0 Å². The standard InChI is InChI=1S/C17H24BrN3/c1-3-12-19-16(11-10-14-8-6-5-7-9-14)17-15(18)13-20-21(17)4-2/h5-9,13,16,19H,3-4,10-12H2,1-2H3. The second-order valence-corrected chi connectivity index (χ2v) is 6.08. The van der Waals surface area contributed by atoms with Gasteiger partial charge in [-0.15, -0.1) is 0 Å². The smallest absolute Gasteiger partial charge is 0.0695 e. The van der Waals surface area contributed by atoms with Crippen LogP contribution in [-0.4, -0.2) is 16.3 Å². The molecule has 1 N–H and O–H groups in total. The van der Waals surface area contributed by atoms with Crippen LogP contribution in [0.2, 0.25) is 0 Å².